The van der Waals surface area contributed by atoms with E-state index in [2.05, 4.69) is 11.4 Å². The topological polar surface area (TPSA) is 95.1 Å². The van der Waals surface area contributed by atoms with Gasteiger partial charge in [-0.05, 0) is 55.3 Å². The number of para-hydroxylation sites is 1. The van der Waals surface area contributed by atoms with Crippen LogP contribution in [0.25, 0.3) is 6.08 Å². The second-order valence-electron chi connectivity index (χ2n) is 7.26. The number of benzene rings is 3. The van der Waals surface area contributed by atoms with E-state index in [0.717, 1.165) is 5.56 Å². The molecule has 34 heavy (non-hydrogen) atoms. The van der Waals surface area contributed by atoms with Crippen molar-refractivity contribution in [3.63, 3.8) is 0 Å². The summed E-state index contributed by atoms with van der Waals surface area (Å²) in [5.41, 5.74) is 3.16. The lowest BCUT2D eigenvalue weighted by atomic mass is 10.1. The first kappa shape index (κ1) is 24.4. The molecule has 0 saturated carbocycles. The minimum atomic E-state index is -0.528. The first-order valence-electron chi connectivity index (χ1n) is 10.5. The van der Waals surface area contributed by atoms with E-state index in [0.29, 0.717) is 40.5 Å². The summed E-state index contributed by atoms with van der Waals surface area (Å²) in [7, 11) is 0. The highest BCUT2D eigenvalue weighted by molar-refractivity contribution is 6.32. The molecule has 0 atom stereocenters. The van der Waals surface area contributed by atoms with Crippen molar-refractivity contribution < 1.29 is 14.3 Å². The van der Waals surface area contributed by atoms with E-state index in [-0.39, 0.29) is 17.2 Å². The van der Waals surface area contributed by atoms with E-state index in [4.69, 9.17) is 21.1 Å². The van der Waals surface area contributed by atoms with Crippen LogP contribution in [0.5, 0.6) is 11.5 Å². The van der Waals surface area contributed by atoms with Crippen LogP contribution in [0.1, 0.15) is 29.2 Å². The van der Waals surface area contributed by atoms with Gasteiger partial charge >= 0.3 is 0 Å². The van der Waals surface area contributed by atoms with Crippen LogP contribution >= 0.6 is 11.6 Å². The molecule has 0 aromatic heterocycles. The molecule has 0 radical (unpaired) electrons. The molecule has 3 aromatic rings. The summed E-state index contributed by atoms with van der Waals surface area (Å²) >= 11 is 6.48. The van der Waals surface area contributed by atoms with Gasteiger partial charge < -0.3 is 14.8 Å². The number of hydrogen-bond donors (Lipinski definition) is 1. The van der Waals surface area contributed by atoms with Crippen LogP contribution in [0, 0.1) is 29.6 Å². The average molecular weight is 472 g/mol. The Kier molecular flexibility index (Phi) is 8.29. The molecule has 0 bridgehead atoms. The summed E-state index contributed by atoms with van der Waals surface area (Å²) in [6.07, 6.45) is 1.44. The molecule has 0 fully saturated rings. The van der Waals surface area contributed by atoms with Crippen molar-refractivity contribution >= 4 is 29.3 Å². The predicted octanol–water partition coefficient (Wildman–Crippen LogP) is 6.04. The maximum atomic E-state index is 12.7. The Morgan fingerprint density at radius 2 is 1.82 bits per heavy atom. The molecule has 0 aliphatic carbocycles. The third kappa shape index (κ3) is 5.95. The number of halogens is 1. The smallest absolute Gasteiger partial charge is 0.266 e. The van der Waals surface area contributed by atoms with Gasteiger partial charge in [0.05, 0.1) is 23.3 Å². The number of anilines is 1. The summed E-state index contributed by atoms with van der Waals surface area (Å²) in [5.74, 6) is 0.155. The molecular formula is C27H22ClN3O3. The quantitative estimate of drug-likeness (QED) is 0.319. The Morgan fingerprint density at radius 1 is 1.09 bits per heavy atom. The van der Waals surface area contributed by atoms with E-state index in [1.165, 1.54) is 6.08 Å². The molecule has 0 aliphatic heterocycles. The van der Waals surface area contributed by atoms with Gasteiger partial charge in [0.15, 0.2) is 11.5 Å². The van der Waals surface area contributed by atoms with Gasteiger partial charge in [0.25, 0.3) is 5.91 Å². The lowest BCUT2D eigenvalue weighted by Gasteiger charge is -2.15. The molecule has 0 unspecified atom stereocenters. The number of aryl methyl sites for hydroxylation is 1. The summed E-state index contributed by atoms with van der Waals surface area (Å²) < 4.78 is 11.6. The summed E-state index contributed by atoms with van der Waals surface area (Å²) in [4.78, 5) is 12.7. The van der Waals surface area contributed by atoms with E-state index in [1.807, 2.05) is 38.1 Å². The van der Waals surface area contributed by atoms with Crippen LogP contribution in [-0.4, -0.2) is 12.5 Å². The number of nitrogens with one attached hydrogen (secondary N) is 1. The lowest BCUT2D eigenvalue weighted by molar-refractivity contribution is -0.112. The van der Waals surface area contributed by atoms with E-state index in [1.54, 1.807) is 42.5 Å². The zero-order valence-electron chi connectivity index (χ0n) is 18.8. The zero-order valence-corrected chi connectivity index (χ0v) is 19.5. The van der Waals surface area contributed by atoms with Gasteiger partial charge in [-0.1, -0.05) is 48.0 Å². The van der Waals surface area contributed by atoms with Crippen molar-refractivity contribution in [3.05, 3.63) is 93.5 Å². The molecule has 3 rings (SSSR count). The second-order valence-corrected chi connectivity index (χ2v) is 7.67. The number of amides is 1. The maximum Gasteiger partial charge on any atom is 0.266 e. The number of carbonyl (C=O) groups excluding carboxylic acids is 1. The Morgan fingerprint density at radius 3 is 2.53 bits per heavy atom. The molecule has 6 nitrogen and oxygen atoms in total. The molecule has 7 heteroatoms. The average Bonchev–Trinajstić information content (AvgIpc) is 2.83. The fourth-order valence-electron chi connectivity index (χ4n) is 3.20. The number of nitriles is 2. The number of rotatable bonds is 8. The number of carbonyl (C=O) groups is 1. The molecule has 1 amide bonds. The Bertz CT molecular complexity index is 1320. The van der Waals surface area contributed by atoms with Gasteiger partial charge in [0.1, 0.15) is 18.2 Å². The van der Waals surface area contributed by atoms with Crippen molar-refractivity contribution in [1.82, 2.24) is 0 Å². The molecule has 1 N–H and O–H groups in total. The molecule has 3 aromatic carbocycles. The Balaban J connectivity index is 1.88. The van der Waals surface area contributed by atoms with E-state index >= 15 is 0 Å². The number of hydrogen-bond acceptors (Lipinski definition) is 5. The van der Waals surface area contributed by atoms with Crippen molar-refractivity contribution in [2.75, 3.05) is 11.9 Å². The first-order chi connectivity index (χ1) is 16.5. The van der Waals surface area contributed by atoms with E-state index < -0.39 is 5.91 Å². The van der Waals surface area contributed by atoms with Gasteiger partial charge in [-0.2, -0.15) is 10.5 Å². The molecule has 170 valence electrons. The fraction of sp³-hybridized carbons (Fsp3) is 0.148. The summed E-state index contributed by atoms with van der Waals surface area (Å²) in [6, 6.07) is 21.7. The van der Waals surface area contributed by atoms with Crippen LogP contribution in [0.3, 0.4) is 0 Å². The molecular weight excluding hydrogens is 450 g/mol. The third-order valence-electron chi connectivity index (χ3n) is 4.91. The summed E-state index contributed by atoms with van der Waals surface area (Å²) in [5, 5.41) is 21.9. The van der Waals surface area contributed by atoms with Crippen molar-refractivity contribution in [2.45, 2.75) is 20.5 Å². The highest BCUT2D eigenvalue weighted by Gasteiger charge is 2.16. The Labute approximate surface area is 203 Å². The molecule has 0 spiro atoms. The number of ether oxygens (including phenoxy) is 2. The lowest BCUT2D eigenvalue weighted by Crippen LogP contribution is -2.14. The van der Waals surface area contributed by atoms with Crippen LogP contribution in [0.2, 0.25) is 5.02 Å². The van der Waals surface area contributed by atoms with Crippen LogP contribution in [0.4, 0.5) is 5.69 Å². The SMILES string of the molecule is CCOc1cc(/C=C(\C#N)C(=O)Nc2ccccc2C)cc(Cl)c1OCc1ccccc1C#N. The fourth-order valence-corrected chi connectivity index (χ4v) is 3.47. The second kappa shape index (κ2) is 11.6. The Hall–Kier alpha value is -4.26. The molecule has 0 heterocycles. The van der Waals surface area contributed by atoms with E-state index in [9.17, 15) is 15.3 Å². The third-order valence-corrected chi connectivity index (χ3v) is 5.19. The molecule has 0 saturated heterocycles. The van der Waals surface area contributed by atoms with Gasteiger partial charge in [0, 0.05) is 11.3 Å². The first-order valence-corrected chi connectivity index (χ1v) is 10.9. The minimum Gasteiger partial charge on any atom is -0.490 e. The highest BCUT2D eigenvalue weighted by Crippen LogP contribution is 2.38. The van der Waals surface area contributed by atoms with Crippen molar-refractivity contribution in [2.24, 2.45) is 0 Å². The highest BCUT2D eigenvalue weighted by atomic mass is 35.5. The van der Waals surface area contributed by atoms with Crippen LogP contribution in [0.15, 0.2) is 66.2 Å². The normalized spacial score (nSPS) is 10.7. The number of nitrogens with zero attached hydrogens (tertiary/aromatic N) is 2. The van der Waals surface area contributed by atoms with Crippen LogP contribution < -0.4 is 14.8 Å². The van der Waals surface area contributed by atoms with Crippen LogP contribution in [-0.2, 0) is 11.4 Å². The van der Waals surface area contributed by atoms with Crippen molar-refractivity contribution in [3.8, 4) is 23.6 Å². The van der Waals surface area contributed by atoms with Gasteiger partial charge in [-0.15, -0.1) is 0 Å². The monoisotopic (exact) mass is 471 g/mol. The summed E-state index contributed by atoms with van der Waals surface area (Å²) in [6.45, 7) is 4.17. The van der Waals surface area contributed by atoms with Gasteiger partial charge in [-0.25, -0.2) is 0 Å². The van der Waals surface area contributed by atoms with Gasteiger partial charge in [0.2, 0.25) is 0 Å². The van der Waals surface area contributed by atoms with Gasteiger partial charge in [-0.3, -0.25) is 4.79 Å². The van der Waals surface area contributed by atoms with Crippen molar-refractivity contribution in [1.29, 1.82) is 10.5 Å². The standard InChI is InChI=1S/C27H22ClN3O3/c1-3-33-25-14-19(12-22(16-30)27(32)31-24-11-7-4-8-18(24)2)13-23(28)26(25)34-17-21-10-6-5-9-20(21)15-29/h4-14H,3,17H2,1-2H3,(H,31,32)/b22-12+. The largest absolute Gasteiger partial charge is 0.490 e. The molecule has 0 aliphatic rings. The predicted molar refractivity (Wildman–Crippen MR) is 132 cm³/mol. The maximum absolute atomic E-state index is 12.7. The minimum absolute atomic E-state index is 0.0848. The zero-order chi connectivity index (χ0) is 24.5.